The summed E-state index contributed by atoms with van der Waals surface area (Å²) in [5.74, 6) is 0.290. The summed E-state index contributed by atoms with van der Waals surface area (Å²) in [6, 6.07) is 8.17. The minimum Gasteiger partial charge on any atom is -0.349 e. The van der Waals surface area contributed by atoms with E-state index in [4.69, 9.17) is 0 Å². The second-order valence-corrected chi connectivity index (χ2v) is 5.22. The predicted molar refractivity (Wildman–Crippen MR) is 74.0 cm³/mol. The summed E-state index contributed by atoms with van der Waals surface area (Å²) < 4.78 is 39.6. The second kappa shape index (κ2) is 5.09. The van der Waals surface area contributed by atoms with Gasteiger partial charge in [0.15, 0.2) is 5.69 Å². The van der Waals surface area contributed by atoms with Crippen LogP contribution in [0.3, 0.4) is 0 Å². The summed E-state index contributed by atoms with van der Waals surface area (Å²) >= 11 is 0. The Kier molecular flexibility index (Phi) is 3.39. The Morgan fingerprint density at radius 1 is 1.29 bits per heavy atom. The van der Waals surface area contributed by atoms with E-state index < -0.39 is 11.9 Å². The number of rotatable bonds is 2. The van der Waals surface area contributed by atoms with Crippen LogP contribution in [0, 0.1) is 0 Å². The van der Waals surface area contributed by atoms with Crippen molar-refractivity contribution in [3.8, 4) is 0 Å². The van der Waals surface area contributed by atoms with Crippen molar-refractivity contribution in [2.24, 2.45) is 0 Å². The molecular weight excluding hydrogens is 279 g/mol. The van der Waals surface area contributed by atoms with Gasteiger partial charge in [-0.25, -0.2) is 4.98 Å². The molecule has 1 atom stereocenters. The van der Waals surface area contributed by atoms with Crippen LogP contribution < -0.4 is 5.32 Å². The number of anilines is 1. The molecule has 0 spiro atoms. The number of fused-ring (bicyclic) bond motifs is 1. The van der Waals surface area contributed by atoms with Crippen molar-refractivity contribution in [1.29, 1.82) is 0 Å². The van der Waals surface area contributed by atoms with Gasteiger partial charge >= 0.3 is 6.18 Å². The molecule has 1 aliphatic rings. The lowest BCUT2D eigenvalue weighted by atomic mass is 10.0. The van der Waals surface area contributed by atoms with Crippen LogP contribution in [0.15, 0.2) is 30.5 Å². The van der Waals surface area contributed by atoms with Crippen LogP contribution in [0.4, 0.5) is 19.1 Å². The molecule has 0 aliphatic carbocycles. The maximum absolute atomic E-state index is 12.7. The first-order valence-electron chi connectivity index (χ1n) is 6.97. The number of nitrogens with one attached hydrogen (secondary N) is 1. The molecule has 1 unspecified atom stereocenters. The lowest BCUT2D eigenvalue weighted by molar-refractivity contribution is -0.140. The van der Waals surface area contributed by atoms with Crippen molar-refractivity contribution in [2.45, 2.75) is 38.5 Å². The van der Waals surface area contributed by atoms with Crippen molar-refractivity contribution < 1.29 is 13.2 Å². The van der Waals surface area contributed by atoms with Gasteiger partial charge in [0.05, 0.1) is 6.04 Å². The lowest BCUT2D eigenvalue weighted by Crippen LogP contribution is -2.21. The highest BCUT2D eigenvalue weighted by atomic mass is 19.4. The third-order valence-corrected chi connectivity index (χ3v) is 3.82. The Morgan fingerprint density at radius 3 is 2.62 bits per heavy atom. The molecule has 1 aliphatic heterocycles. The maximum atomic E-state index is 12.7. The first-order chi connectivity index (χ1) is 9.97. The number of benzene rings is 1. The Morgan fingerprint density at radius 2 is 2.00 bits per heavy atom. The maximum Gasteiger partial charge on any atom is 0.434 e. The van der Waals surface area contributed by atoms with Gasteiger partial charge in [0.25, 0.3) is 0 Å². The minimum atomic E-state index is -4.40. The van der Waals surface area contributed by atoms with Crippen LogP contribution in [-0.4, -0.2) is 9.55 Å². The molecule has 0 bridgehead atoms. The van der Waals surface area contributed by atoms with E-state index in [1.54, 1.807) is 0 Å². The van der Waals surface area contributed by atoms with Gasteiger partial charge in [0, 0.05) is 12.7 Å². The van der Waals surface area contributed by atoms with Gasteiger partial charge in [-0.2, -0.15) is 13.2 Å². The average Bonchev–Trinajstić information content (AvgIpc) is 2.90. The van der Waals surface area contributed by atoms with Gasteiger partial charge in [-0.05, 0) is 24.0 Å². The smallest absolute Gasteiger partial charge is 0.349 e. The number of hydrogen-bond acceptors (Lipinski definition) is 2. The Hall–Kier alpha value is -1.98. The molecule has 6 heteroatoms. The van der Waals surface area contributed by atoms with Gasteiger partial charge in [-0.1, -0.05) is 31.2 Å². The fraction of sp³-hybridized carbons (Fsp3) is 0.400. The topological polar surface area (TPSA) is 29.9 Å². The summed E-state index contributed by atoms with van der Waals surface area (Å²) in [5.41, 5.74) is 1.48. The number of imidazole rings is 1. The highest BCUT2D eigenvalue weighted by Gasteiger charge is 2.35. The summed E-state index contributed by atoms with van der Waals surface area (Å²) in [6.07, 6.45) is -1.62. The van der Waals surface area contributed by atoms with Crippen molar-refractivity contribution in [3.63, 3.8) is 0 Å². The van der Waals surface area contributed by atoms with E-state index in [0.29, 0.717) is 6.54 Å². The molecule has 2 heterocycles. The first-order valence-corrected chi connectivity index (χ1v) is 6.97. The van der Waals surface area contributed by atoms with Crippen molar-refractivity contribution in [2.75, 3.05) is 5.32 Å². The third-order valence-electron chi connectivity index (χ3n) is 3.82. The predicted octanol–water partition coefficient (Wildman–Crippen LogP) is 4.02. The zero-order valence-electron chi connectivity index (χ0n) is 11.6. The van der Waals surface area contributed by atoms with E-state index in [1.807, 2.05) is 12.1 Å². The summed E-state index contributed by atoms with van der Waals surface area (Å²) in [7, 11) is 0. The summed E-state index contributed by atoms with van der Waals surface area (Å²) in [5, 5.41) is 3.10. The van der Waals surface area contributed by atoms with Crippen LogP contribution >= 0.6 is 0 Å². The van der Waals surface area contributed by atoms with Gasteiger partial charge in [0.1, 0.15) is 0 Å². The lowest BCUT2D eigenvalue weighted by Gasteiger charge is -2.25. The number of halogens is 3. The highest BCUT2D eigenvalue weighted by Crippen LogP contribution is 2.33. The minimum absolute atomic E-state index is 0.00638. The zero-order valence-corrected chi connectivity index (χ0v) is 11.6. The molecule has 3 nitrogen and oxygen atoms in total. The van der Waals surface area contributed by atoms with Crippen LogP contribution in [0.1, 0.15) is 36.2 Å². The average molecular weight is 295 g/mol. The number of aromatic nitrogens is 2. The van der Waals surface area contributed by atoms with E-state index in [1.165, 1.54) is 10.1 Å². The molecule has 2 aromatic rings. The molecule has 112 valence electrons. The largest absolute Gasteiger partial charge is 0.434 e. The van der Waals surface area contributed by atoms with Crippen molar-refractivity contribution in [1.82, 2.24) is 9.55 Å². The first kappa shape index (κ1) is 14.0. The number of aryl methyl sites for hydroxylation is 2. The van der Waals surface area contributed by atoms with Crippen LogP contribution in [-0.2, 0) is 19.1 Å². The molecule has 1 N–H and O–H groups in total. The van der Waals surface area contributed by atoms with Gasteiger partial charge in [-0.15, -0.1) is 0 Å². The van der Waals surface area contributed by atoms with E-state index in [9.17, 15) is 13.2 Å². The monoisotopic (exact) mass is 295 g/mol. The van der Waals surface area contributed by atoms with E-state index in [0.717, 1.165) is 24.6 Å². The van der Waals surface area contributed by atoms with Gasteiger partial charge in [0.2, 0.25) is 5.95 Å². The molecule has 0 amide bonds. The molecule has 0 saturated carbocycles. The highest BCUT2D eigenvalue weighted by molar-refractivity contribution is 5.38. The molecule has 0 fully saturated rings. The number of nitrogens with zero attached hydrogens (tertiary/aromatic N) is 2. The Balaban J connectivity index is 1.81. The standard InChI is InChI=1S/C15H16F3N3/c1-2-10-3-5-11(6-4-10)12-7-8-21-9-13(15(16,17)18)20-14(21)19-12/h3-6,9,12H,2,7-8H2,1H3,(H,19,20). The van der Waals surface area contributed by atoms with Gasteiger partial charge < -0.3 is 9.88 Å². The van der Waals surface area contributed by atoms with E-state index in [2.05, 4.69) is 29.4 Å². The summed E-state index contributed by atoms with van der Waals surface area (Å²) in [4.78, 5) is 3.66. The molecular formula is C15H16F3N3. The number of hydrogen-bond donors (Lipinski definition) is 1. The molecule has 1 aromatic carbocycles. The van der Waals surface area contributed by atoms with E-state index >= 15 is 0 Å². The van der Waals surface area contributed by atoms with Crippen molar-refractivity contribution in [3.05, 3.63) is 47.3 Å². The molecule has 0 radical (unpaired) electrons. The van der Waals surface area contributed by atoms with Crippen LogP contribution in [0.2, 0.25) is 0 Å². The normalized spacial score (nSPS) is 18.2. The zero-order chi connectivity index (χ0) is 15.0. The van der Waals surface area contributed by atoms with Crippen LogP contribution in [0.5, 0.6) is 0 Å². The van der Waals surface area contributed by atoms with Crippen molar-refractivity contribution >= 4 is 5.95 Å². The van der Waals surface area contributed by atoms with E-state index in [-0.39, 0.29) is 12.0 Å². The molecule has 0 saturated heterocycles. The quantitative estimate of drug-likeness (QED) is 0.907. The number of alkyl halides is 3. The molecule has 3 rings (SSSR count). The fourth-order valence-corrected chi connectivity index (χ4v) is 2.57. The summed E-state index contributed by atoms with van der Waals surface area (Å²) in [6.45, 7) is 2.62. The fourth-order valence-electron chi connectivity index (χ4n) is 2.57. The molecule has 21 heavy (non-hydrogen) atoms. The Bertz CT molecular complexity index is 629. The Labute approximate surface area is 120 Å². The van der Waals surface area contributed by atoms with Crippen LogP contribution in [0.25, 0.3) is 0 Å². The van der Waals surface area contributed by atoms with Gasteiger partial charge in [-0.3, -0.25) is 0 Å². The molecule has 1 aromatic heterocycles. The SMILES string of the molecule is CCc1ccc(C2CCn3cc(C(F)(F)F)nc3N2)cc1. The third kappa shape index (κ3) is 2.75. The second-order valence-electron chi connectivity index (χ2n) is 5.22.